The average Bonchev–Trinajstić information content (AvgIpc) is 2.91. The first-order valence-corrected chi connectivity index (χ1v) is 9.99. The SMILES string of the molecule is CCC1CCn2c(nc3ncc(Br)cc3c2=O)[C@H]1N1CCCNCC1. The molecule has 0 radical (unpaired) electrons. The molecule has 0 amide bonds. The lowest BCUT2D eigenvalue weighted by atomic mass is 9.88. The van der Waals surface area contributed by atoms with Gasteiger partial charge in [-0.2, -0.15) is 0 Å². The number of halogens is 1. The molecule has 0 bridgehead atoms. The van der Waals surface area contributed by atoms with Crippen molar-refractivity contribution in [3.63, 3.8) is 0 Å². The molecule has 0 saturated carbocycles. The number of hydrogen-bond donors (Lipinski definition) is 1. The van der Waals surface area contributed by atoms with Crippen LogP contribution in [0.15, 0.2) is 21.5 Å². The van der Waals surface area contributed by atoms with Gasteiger partial charge in [-0.25, -0.2) is 9.97 Å². The number of fused-ring (bicyclic) bond motifs is 2. The minimum atomic E-state index is 0.0429. The number of rotatable bonds is 2. The van der Waals surface area contributed by atoms with Crippen molar-refractivity contribution in [2.45, 2.75) is 38.8 Å². The summed E-state index contributed by atoms with van der Waals surface area (Å²) in [7, 11) is 0. The van der Waals surface area contributed by atoms with E-state index < -0.39 is 0 Å². The Kier molecular flexibility index (Phi) is 4.88. The van der Waals surface area contributed by atoms with Gasteiger partial charge in [-0.05, 0) is 47.3 Å². The van der Waals surface area contributed by atoms with E-state index in [1.165, 1.54) is 0 Å². The second-order valence-corrected chi connectivity index (χ2v) is 7.91. The maximum absolute atomic E-state index is 13.0. The zero-order valence-corrected chi connectivity index (χ0v) is 16.1. The minimum Gasteiger partial charge on any atom is -0.315 e. The molecule has 134 valence electrons. The molecule has 1 fully saturated rings. The van der Waals surface area contributed by atoms with Crippen LogP contribution in [0.5, 0.6) is 0 Å². The predicted octanol–water partition coefficient (Wildman–Crippen LogP) is 2.32. The van der Waals surface area contributed by atoms with Gasteiger partial charge in [-0.1, -0.05) is 13.3 Å². The van der Waals surface area contributed by atoms with Gasteiger partial charge >= 0.3 is 0 Å². The fourth-order valence-corrected chi connectivity index (χ4v) is 4.57. The number of hydrogen-bond acceptors (Lipinski definition) is 5. The first kappa shape index (κ1) is 17.1. The topological polar surface area (TPSA) is 63.1 Å². The van der Waals surface area contributed by atoms with E-state index in [4.69, 9.17) is 4.98 Å². The van der Waals surface area contributed by atoms with Crippen LogP contribution >= 0.6 is 15.9 Å². The Morgan fingerprint density at radius 1 is 1.32 bits per heavy atom. The van der Waals surface area contributed by atoms with Crippen LogP contribution in [0.3, 0.4) is 0 Å². The van der Waals surface area contributed by atoms with Crippen LogP contribution in [0, 0.1) is 5.92 Å². The Hall–Kier alpha value is -1.31. The molecule has 4 heterocycles. The van der Waals surface area contributed by atoms with Crippen molar-refractivity contribution in [2.24, 2.45) is 5.92 Å². The Labute approximate surface area is 155 Å². The fourth-order valence-electron chi connectivity index (χ4n) is 4.24. The Morgan fingerprint density at radius 3 is 3.04 bits per heavy atom. The summed E-state index contributed by atoms with van der Waals surface area (Å²) in [5.74, 6) is 1.45. The maximum atomic E-state index is 13.0. The number of pyridine rings is 1. The van der Waals surface area contributed by atoms with Gasteiger partial charge in [0.2, 0.25) is 0 Å². The second kappa shape index (κ2) is 7.13. The molecular weight excluding hydrogens is 382 g/mol. The predicted molar refractivity (Wildman–Crippen MR) is 102 cm³/mol. The Balaban J connectivity index is 1.86. The number of nitrogens with one attached hydrogen (secondary N) is 1. The van der Waals surface area contributed by atoms with Gasteiger partial charge in [0, 0.05) is 36.8 Å². The van der Waals surface area contributed by atoms with E-state index >= 15 is 0 Å². The molecule has 2 aromatic heterocycles. The highest BCUT2D eigenvalue weighted by Crippen LogP contribution is 2.36. The number of nitrogens with zero attached hydrogens (tertiary/aromatic N) is 4. The smallest absolute Gasteiger partial charge is 0.263 e. The molecule has 2 atom stereocenters. The summed E-state index contributed by atoms with van der Waals surface area (Å²) < 4.78 is 2.71. The highest BCUT2D eigenvalue weighted by Gasteiger charge is 2.35. The fraction of sp³-hybridized carbons (Fsp3) is 0.611. The van der Waals surface area contributed by atoms with Gasteiger partial charge in [0.25, 0.3) is 5.56 Å². The molecule has 0 aliphatic carbocycles. The summed E-state index contributed by atoms with van der Waals surface area (Å²) in [4.78, 5) is 24.8. The van der Waals surface area contributed by atoms with Crippen LogP contribution in [-0.4, -0.2) is 45.6 Å². The van der Waals surface area contributed by atoms with Crippen LogP contribution in [0.2, 0.25) is 0 Å². The van der Waals surface area contributed by atoms with Crippen molar-refractivity contribution in [1.82, 2.24) is 24.8 Å². The van der Waals surface area contributed by atoms with Crippen LogP contribution in [0.25, 0.3) is 11.0 Å². The molecule has 1 N–H and O–H groups in total. The first-order chi connectivity index (χ1) is 12.2. The third-order valence-corrected chi connectivity index (χ3v) is 5.97. The zero-order chi connectivity index (χ0) is 17.4. The molecule has 6 nitrogen and oxygen atoms in total. The molecule has 4 rings (SSSR count). The van der Waals surface area contributed by atoms with Crippen molar-refractivity contribution in [1.29, 1.82) is 0 Å². The van der Waals surface area contributed by atoms with E-state index in [0.717, 1.165) is 62.3 Å². The third-order valence-electron chi connectivity index (χ3n) is 5.53. The zero-order valence-electron chi connectivity index (χ0n) is 14.5. The second-order valence-electron chi connectivity index (χ2n) is 6.99. The lowest BCUT2D eigenvalue weighted by Gasteiger charge is -2.40. The molecule has 2 aromatic rings. The largest absolute Gasteiger partial charge is 0.315 e. The molecule has 1 unspecified atom stereocenters. The Bertz CT molecular complexity index is 828. The van der Waals surface area contributed by atoms with Crippen LogP contribution in [0.1, 0.15) is 38.1 Å². The highest BCUT2D eigenvalue weighted by atomic mass is 79.9. The summed E-state index contributed by atoms with van der Waals surface area (Å²) in [5, 5.41) is 4.07. The van der Waals surface area contributed by atoms with E-state index in [1.807, 2.05) is 10.6 Å². The summed E-state index contributed by atoms with van der Waals surface area (Å²) in [6.07, 6.45) is 5.00. The average molecular weight is 406 g/mol. The van der Waals surface area contributed by atoms with Gasteiger partial charge < -0.3 is 5.32 Å². The van der Waals surface area contributed by atoms with Crippen molar-refractivity contribution < 1.29 is 0 Å². The van der Waals surface area contributed by atoms with Crippen molar-refractivity contribution in [3.8, 4) is 0 Å². The summed E-state index contributed by atoms with van der Waals surface area (Å²) in [6, 6.07) is 2.04. The molecule has 0 spiro atoms. The highest BCUT2D eigenvalue weighted by molar-refractivity contribution is 9.10. The third kappa shape index (κ3) is 3.13. The van der Waals surface area contributed by atoms with E-state index in [1.54, 1.807) is 6.20 Å². The molecule has 0 aromatic carbocycles. The van der Waals surface area contributed by atoms with Crippen LogP contribution in [-0.2, 0) is 6.54 Å². The molecule has 2 aliphatic rings. The van der Waals surface area contributed by atoms with Crippen LogP contribution in [0.4, 0.5) is 0 Å². The molecule has 1 saturated heterocycles. The monoisotopic (exact) mass is 405 g/mol. The normalized spacial score (nSPS) is 24.9. The van der Waals surface area contributed by atoms with Gasteiger partial charge in [0.1, 0.15) is 5.82 Å². The first-order valence-electron chi connectivity index (χ1n) is 9.19. The van der Waals surface area contributed by atoms with Gasteiger partial charge in [-0.15, -0.1) is 0 Å². The number of aromatic nitrogens is 3. The lowest BCUT2D eigenvalue weighted by Crippen LogP contribution is -2.44. The van der Waals surface area contributed by atoms with Gasteiger partial charge in [0.05, 0.1) is 11.4 Å². The van der Waals surface area contributed by atoms with Gasteiger partial charge in [-0.3, -0.25) is 14.3 Å². The molecular formula is C18H24BrN5O. The van der Waals surface area contributed by atoms with E-state index in [-0.39, 0.29) is 11.6 Å². The summed E-state index contributed by atoms with van der Waals surface area (Å²) in [5.41, 5.74) is 0.607. The van der Waals surface area contributed by atoms with Crippen molar-refractivity contribution in [2.75, 3.05) is 26.2 Å². The van der Waals surface area contributed by atoms with Gasteiger partial charge in [0.15, 0.2) is 5.65 Å². The standard InChI is InChI=1S/C18H24BrN5O/c1-2-12-4-8-24-17(15(12)23-7-3-5-20-6-9-23)22-16-14(18(24)25)10-13(19)11-21-16/h10-12,15,20H,2-9H2,1H3/t12?,15-/m0/s1. The van der Waals surface area contributed by atoms with Crippen LogP contribution < -0.4 is 10.9 Å². The molecule has 2 aliphatic heterocycles. The summed E-state index contributed by atoms with van der Waals surface area (Å²) >= 11 is 3.41. The quantitative estimate of drug-likeness (QED) is 0.830. The Morgan fingerprint density at radius 2 is 2.20 bits per heavy atom. The maximum Gasteiger partial charge on any atom is 0.263 e. The minimum absolute atomic E-state index is 0.0429. The molecule has 25 heavy (non-hydrogen) atoms. The van der Waals surface area contributed by atoms with Crippen molar-refractivity contribution >= 4 is 27.0 Å². The van der Waals surface area contributed by atoms with E-state index in [0.29, 0.717) is 17.0 Å². The van der Waals surface area contributed by atoms with E-state index in [9.17, 15) is 4.79 Å². The lowest BCUT2D eigenvalue weighted by molar-refractivity contribution is 0.108. The van der Waals surface area contributed by atoms with Crippen molar-refractivity contribution in [3.05, 3.63) is 32.9 Å². The molecule has 7 heteroatoms. The summed E-state index contributed by atoms with van der Waals surface area (Å²) in [6.45, 7) is 7.12. The van der Waals surface area contributed by atoms with E-state index in [2.05, 4.69) is 38.1 Å².